The fraction of sp³-hybridized carbons (Fsp3) is 0.150. The van der Waals surface area contributed by atoms with Crippen molar-refractivity contribution in [3.05, 3.63) is 54.1 Å². The van der Waals surface area contributed by atoms with E-state index in [0.29, 0.717) is 22.9 Å². The summed E-state index contributed by atoms with van der Waals surface area (Å²) in [5, 5.41) is 14.6. The molecule has 0 aromatic heterocycles. The zero-order chi connectivity index (χ0) is 18.7. The highest BCUT2D eigenvalue weighted by atomic mass is 16.5. The molecule has 0 aliphatic heterocycles. The topological polar surface area (TPSA) is 77.0 Å². The fourth-order valence-corrected chi connectivity index (χ4v) is 2.66. The predicted octanol–water partition coefficient (Wildman–Crippen LogP) is 3.82. The Kier molecular flexibility index (Phi) is 4.84. The molecular weight excluding hydrogens is 334 g/mol. The zero-order valence-electron chi connectivity index (χ0n) is 14.7. The van der Waals surface area contributed by atoms with Crippen molar-refractivity contribution in [3.63, 3.8) is 0 Å². The molecule has 6 nitrogen and oxygen atoms in total. The number of phenolic OH excluding ortho intramolecular Hbond substituents is 1. The van der Waals surface area contributed by atoms with E-state index in [1.54, 1.807) is 56.7 Å². The molecule has 0 heterocycles. The van der Waals surface area contributed by atoms with Gasteiger partial charge in [-0.05, 0) is 47.2 Å². The van der Waals surface area contributed by atoms with Crippen LogP contribution in [0.1, 0.15) is 10.4 Å². The van der Waals surface area contributed by atoms with Gasteiger partial charge in [-0.15, -0.1) is 0 Å². The Morgan fingerprint density at radius 2 is 1.54 bits per heavy atom. The molecule has 26 heavy (non-hydrogen) atoms. The van der Waals surface area contributed by atoms with E-state index in [1.165, 1.54) is 7.11 Å². The molecule has 3 aromatic rings. The first-order valence-corrected chi connectivity index (χ1v) is 7.90. The van der Waals surface area contributed by atoms with E-state index in [2.05, 4.69) is 5.32 Å². The molecule has 0 unspecified atom stereocenters. The number of carbonyl (C=O) groups excluding carboxylic acids is 1. The van der Waals surface area contributed by atoms with Crippen molar-refractivity contribution >= 4 is 22.4 Å². The Morgan fingerprint density at radius 3 is 2.23 bits per heavy atom. The van der Waals surface area contributed by atoms with Crippen LogP contribution in [0.4, 0.5) is 5.69 Å². The van der Waals surface area contributed by atoms with Gasteiger partial charge in [0.05, 0.1) is 32.6 Å². The van der Waals surface area contributed by atoms with E-state index < -0.39 is 5.91 Å². The second kappa shape index (κ2) is 7.23. The van der Waals surface area contributed by atoms with E-state index >= 15 is 0 Å². The second-order valence-corrected chi connectivity index (χ2v) is 5.60. The summed E-state index contributed by atoms with van der Waals surface area (Å²) >= 11 is 0. The van der Waals surface area contributed by atoms with Crippen molar-refractivity contribution in [1.29, 1.82) is 0 Å². The first-order chi connectivity index (χ1) is 12.5. The number of rotatable bonds is 5. The Bertz CT molecular complexity index is 968. The van der Waals surface area contributed by atoms with Gasteiger partial charge in [0.15, 0.2) is 0 Å². The first kappa shape index (κ1) is 17.4. The van der Waals surface area contributed by atoms with Gasteiger partial charge < -0.3 is 24.6 Å². The summed E-state index contributed by atoms with van der Waals surface area (Å²) in [6, 6.07) is 13.7. The number of nitrogens with one attached hydrogen (secondary N) is 1. The third-order valence-electron chi connectivity index (χ3n) is 4.06. The number of aromatic hydroxyl groups is 1. The van der Waals surface area contributed by atoms with Crippen LogP contribution in [-0.2, 0) is 0 Å². The lowest BCUT2D eigenvalue weighted by Crippen LogP contribution is -2.13. The van der Waals surface area contributed by atoms with E-state index in [0.717, 1.165) is 10.8 Å². The van der Waals surface area contributed by atoms with Gasteiger partial charge in [0.1, 0.15) is 23.0 Å². The van der Waals surface area contributed by atoms with Gasteiger partial charge >= 0.3 is 0 Å². The lowest BCUT2D eigenvalue weighted by molar-refractivity contribution is 0.102. The molecule has 1 amide bonds. The number of hydrogen-bond acceptors (Lipinski definition) is 5. The van der Waals surface area contributed by atoms with Crippen LogP contribution in [0, 0.1) is 0 Å². The van der Waals surface area contributed by atoms with Crippen LogP contribution in [0.25, 0.3) is 10.8 Å². The Morgan fingerprint density at radius 1 is 0.846 bits per heavy atom. The maximum atomic E-state index is 12.7. The average molecular weight is 353 g/mol. The third-order valence-corrected chi connectivity index (χ3v) is 4.06. The lowest BCUT2D eigenvalue weighted by Gasteiger charge is -2.13. The molecule has 0 bridgehead atoms. The number of phenols is 1. The minimum absolute atomic E-state index is 0.104. The van der Waals surface area contributed by atoms with Crippen LogP contribution in [0.3, 0.4) is 0 Å². The lowest BCUT2D eigenvalue weighted by atomic mass is 10.0. The van der Waals surface area contributed by atoms with Gasteiger partial charge in [-0.25, -0.2) is 0 Å². The summed E-state index contributed by atoms with van der Waals surface area (Å²) in [4.78, 5) is 12.7. The van der Waals surface area contributed by atoms with Crippen molar-refractivity contribution in [2.24, 2.45) is 0 Å². The quantitative estimate of drug-likeness (QED) is 0.729. The highest BCUT2D eigenvalue weighted by molar-refractivity contribution is 6.09. The van der Waals surface area contributed by atoms with Gasteiger partial charge in [0.2, 0.25) is 0 Å². The number of methoxy groups -OCH3 is 3. The van der Waals surface area contributed by atoms with Gasteiger partial charge in [-0.2, -0.15) is 0 Å². The van der Waals surface area contributed by atoms with Gasteiger partial charge in [0.25, 0.3) is 5.91 Å². The highest BCUT2D eigenvalue weighted by Crippen LogP contribution is 2.32. The van der Waals surface area contributed by atoms with Crippen LogP contribution in [-0.4, -0.2) is 32.3 Å². The largest absolute Gasteiger partial charge is 0.507 e. The first-order valence-electron chi connectivity index (χ1n) is 7.90. The van der Waals surface area contributed by atoms with Crippen LogP contribution in [0.2, 0.25) is 0 Å². The maximum absolute atomic E-state index is 12.7. The minimum Gasteiger partial charge on any atom is -0.507 e. The summed E-state index contributed by atoms with van der Waals surface area (Å²) in [7, 11) is 4.63. The van der Waals surface area contributed by atoms with Crippen molar-refractivity contribution in [2.45, 2.75) is 0 Å². The van der Waals surface area contributed by atoms with Gasteiger partial charge in [-0.1, -0.05) is 6.07 Å². The van der Waals surface area contributed by atoms with Crippen LogP contribution in [0.5, 0.6) is 23.0 Å². The summed E-state index contributed by atoms with van der Waals surface area (Å²) in [5.74, 6) is 1.19. The third kappa shape index (κ3) is 3.35. The highest BCUT2D eigenvalue weighted by Gasteiger charge is 2.15. The van der Waals surface area contributed by atoms with Crippen LogP contribution < -0.4 is 19.5 Å². The summed E-state index contributed by atoms with van der Waals surface area (Å²) in [5.41, 5.74) is 0.632. The number of anilines is 1. The molecule has 134 valence electrons. The molecule has 0 radical (unpaired) electrons. The van der Waals surface area contributed by atoms with Crippen LogP contribution >= 0.6 is 0 Å². The van der Waals surface area contributed by atoms with E-state index in [-0.39, 0.29) is 11.3 Å². The molecule has 0 spiro atoms. The van der Waals surface area contributed by atoms with Gasteiger partial charge in [-0.3, -0.25) is 4.79 Å². The normalized spacial score (nSPS) is 10.4. The Labute approximate surface area is 150 Å². The van der Waals surface area contributed by atoms with Crippen molar-refractivity contribution < 1.29 is 24.1 Å². The number of ether oxygens (including phenoxy) is 3. The number of fused-ring (bicyclic) bond motifs is 1. The number of hydrogen-bond donors (Lipinski definition) is 2. The standard InChI is InChI=1S/C20H19NO5/c1-24-14-5-4-12-10-18(22)16(9-13(12)8-14)20(23)21-17-7-6-15(25-2)11-19(17)26-3/h4-11,22H,1-3H3,(H,21,23). The molecule has 2 N–H and O–H groups in total. The number of amides is 1. The zero-order valence-corrected chi connectivity index (χ0v) is 14.7. The average Bonchev–Trinajstić information content (AvgIpc) is 2.67. The molecule has 0 saturated heterocycles. The van der Waals surface area contributed by atoms with E-state index in [1.807, 2.05) is 6.07 Å². The van der Waals surface area contributed by atoms with Crippen molar-refractivity contribution in [3.8, 4) is 23.0 Å². The molecule has 3 aromatic carbocycles. The summed E-state index contributed by atoms with van der Waals surface area (Å²) < 4.78 is 15.6. The van der Waals surface area contributed by atoms with Crippen LogP contribution in [0.15, 0.2) is 48.5 Å². The molecule has 0 aliphatic rings. The van der Waals surface area contributed by atoms with E-state index in [4.69, 9.17) is 14.2 Å². The maximum Gasteiger partial charge on any atom is 0.259 e. The molecule has 0 atom stereocenters. The predicted molar refractivity (Wildman–Crippen MR) is 99.7 cm³/mol. The molecule has 0 saturated carbocycles. The molecular formula is C20H19NO5. The molecule has 0 fully saturated rings. The fourth-order valence-electron chi connectivity index (χ4n) is 2.66. The monoisotopic (exact) mass is 353 g/mol. The molecule has 0 aliphatic carbocycles. The second-order valence-electron chi connectivity index (χ2n) is 5.60. The number of benzene rings is 3. The minimum atomic E-state index is -0.448. The summed E-state index contributed by atoms with van der Waals surface area (Å²) in [6.07, 6.45) is 0. The Balaban J connectivity index is 1.96. The molecule has 6 heteroatoms. The summed E-state index contributed by atoms with van der Waals surface area (Å²) in [6.45, 7) is 0. The van der Waals surface area contributed by atoms with Crippen molar-refractivity contribution in [1.82, 2.24) is 0 Å². The smallest absolute Gasteiger partial charge is 0.259 e. The molecule has 3 rings (SSSR count). The van der Waals surface area contributed by atoms with E-state index in [9.17, 15) is 9.90 Å². The van der Waals surface area contributed by atoms with Crippen molar-refractivity contribution in [2.75, 3.05) is 26.6 Å². The Hall–Kier alpha value is -3.41. The number of carbonyl (C=O) groups is 1. The van der Waals surface area contributed by atoms with Gasteiger partial charge in [0, 0.05) is 6.07 Å². The SMILES string of the molecule is COc1ccc(NC(=O)c2cc3cc(OC)ccc3cc2O)c(OC)c1.